The maximum Gasteiger partial charge on any atom is 0.0434 e. The summed E-state index contributed by atoms with van der Waals surface area (Å²) in [5.41, 5.74) is 9.97. The lowest BCUT2D eigenvalue weighted by atomic mass is 9.83. The van der Waals surface area contributed by atoms with E-state index in [4.69, 9.17) is 0 Å². The zero-order valence-corrected chi connectivity index (χ0v) is 38.3. The third-order valence-corrected chi connectivity index (χ3v) is 16.2. The summed E-state index contributed by atoms with van der Waals surface area (Å²) in [6.45, 7) is 0. The lowest BCUT2D eigenvalue weighted by Crippen LogP contribution is -1.93. The van der Waals surface area contributed by atoms with Crippen LogP contribution in [0.4, 0.5) is 0 Å². The highest BCUT2D eigenvalue weighted by molar-refractivity contribution is 7.27. The highest BCUT2D eigenvalue weighted by Gasteiger charge is 2.22. The summed E-state index contributed by atoms with van der Waals surface area (Å²) in [5, 5.41) is 23.1. The minimum atomic E-state index is 1.22. The molecule has 0 saturated heterocycles. The zero-order chi connectivity index (χ0) is 45.2. The Morgan fingerprint density at radius 3 is 1.46 bits per heavy atom. The molecule has 0 spiro atoms. The van der Waals surface area contributed by atoms with Gasteiger partial charge in [0, 0.05) is 20.2 Å². The second kappa shape index (κ2) is 14.9. The van der Waals surface area contributed by atoms with E-state index in [1.54, 1.807) is 0 Å². The number of fused-ring (bicyclic) bond motifs is 16. The van der Waals surface area contributed by atoms with E-state index in [9.17, 15) is 0 Å². The van der Waals surface area contributed by atoms with Crippen molar-refractivity contribution >= 4 is 118 Å². The molecule has 0 atom stereocenters. The highest BCUT2D eigenvalue weighted by Crippen LogP contribution is 2.50. The molecule has 0 saturated carbocycles. The number of rotatable bonds is 4. The lowest BCUT2D eigenvalue weighted by Gasteiger charge is -2.20. The molecule has 15 rings (SSSR count). The van der Waals surface area contributed by atoms with Crippen LogP contribution in [-0.4, -0.2) is 0 Å². The number of benzene rings is 14. The van der Waals surface area contributed by atoms with Gasteiger partial charge in [-0.2, -0.15) is 0 Å². The Balaban J connectivity index is 1.01. The van der Waals surface area contributed by atoms with Crippen LogP contribution in [-0.2, 0) is 0 Å². The van der Waals surface area contributed by atoms with Crippen LogP contribution in [0.1, 0.15) is 0 Å². The quantitative estimate of drug-likeness (QED) is 0.122. The fourth-order valence-electron chi connectivity index (χ4n) is 12.0. The second-order valence-corrected chi connectivity index (χ2v) is 19.6. The monoisotopic (exact) mass is 888 g/mol. The number of thiophene rings is 1. The molecule has 0 aliphatic carbocycles. The molecule has 1 heteroatoms. The smallest absolute Gasteiger partial charge is 0.0434 e. The van der Waals surface area contributed by atoms with Crippen LogP contribution < -0.4 is 0 Å². The molecule has 0 amide bonds. The van der Waals surface area contributed by atoms with Gasteiger partial charge in [-0.3, -0.25) is 0 Å². The Morgan fingerprint density at radius 1 is 0.217 bits per heavy atom. The van der Waals surface area contributed by atoms with Gasteiger partial charge >= 0.3 is 0 Å². The van der Waals surface area contributed by atoms with Gasteiger partial charge in [0.05, 0.1) is 0 Å². The first-order chi connectivity index (χ1) is 34.2. The minimum Gasteiger partial charge on any atom is -0.135 e. The van der Waals surface area contributed by atoms with Crippen molar-refractivity contribution in [2.75, 3.05) is 0 Å². The average Bonchev–Trinajstić information content (AvgIpc) is 3.82. The van der Waals surface area contributed by atoms with Crippen LogP contribution in [0.25, 0.3) is 151 Å². The number of hydrogen-bond acceptors (Lipinski definition) is 1. The summed E-state index contributed by atoms with van der Waals surface area (Å²) in [7, 11) is 0. The maximum atomic E-state index is 2.50. The standard InChI is InChI=1S/C68H40S/c1-2-15-41(16-3-1)44-30-33-59-62(39-44)61-40-45(31-32-52(61)58-37-38-63-67(66(58)59)60-34-29-43-18-5-7-21-47(43)68(60)69-63)64-53-24-10-12-26-55(53)65(56-27-13-11-25-54(56)64)57-36-35-51(49-22-8-9-23-50(49)57)48-28-14-19-42-17-4-6-20-46(42)48/h1-40H. The van der Waals surface area contributed by atoms with Crippen LogP contribution in [0, 0.1) is 0 Å². The zero-order valence-electron chi connectivity index (χ0n) is 37.5. The number of hydrogen-bond donors (Lipinski definition) is 0. The first kappa shape index (κ1) is 38.5. The molecular formula is C68H40S. The van der Waals surface area contributed by atoms with Crippen molar-refractivity contribution < 1.29 is 0 Å². The summed E-state index contributed by atoms with van der Waals surface area (Å²) in [6, 6.07) is 90.9. The molecule has 0 unspecified atom stereocenters. The van der Waals surface area contributed by atoms with Crippen molar-refractivity contribution in [3.05, 3.63) is 243 Å². The van der Waals surface area contributed by atoms with E-state index in [2.05, 4.69) is 243 Å². The van der Waals surface area contributed by atoms with E-state index in [0.717, 1.165) is 0 Å². The Bertz CT molecular complexity index is 4590. The molecule has 0 radical (unpaired) electrons. The van der Waals surface area contributed by atoms with Gasteiger partial charge < -0.3 is 0 Å². The predicted molar refractivity (Wildman–Crippen MR) is 301 cm³/mol. The van der Waals surface area contributed by atoms with E-state index in [1.165, 1.54) is 151 Å². The predicted octanol–water partition coefficient (Wildman–Crippen LogP) is 19.9. The third kappa shape index (κ3) is 5.69. The Hall–Kier alpha value is -8.62. The molecule has 69 heavy (non-hydrogen) atoms. The Kier molecular flexibility index (Phi) is 8.33. The molecule has 0 aliphatic rings. The molecule has 14 aromatic carbocycles. The van der Waals surface area contributed by atoms with Crippen LogP contribution in [0.3, 0.4) is 0 Å². The fraction of sp³-hybridized carbons (Fsp3) is 0. The molecule has 1 heterocycles. The van der Waals surface area contributed by atoms with E-state index in [1.807, 2.05) is 11.3 Å². The molecule has 1 aromatic heterocycles. The van der Waals surface area contributed by atoms with Gasteiger partial charge in [0.15, 0.2) is 0 Å². The van der Waals surface area contributed by atoms with E-state index >= 15 is 0 Å². The van der Waals surface area contributed by atoms with Crippen molar-refractivity contribution in [2.24, 2.45) is 0 Å². The van der Waals surface area contributed by atoms with E-state index in [0.29, 0.717) is 0 Å². The van der Waals surface area contributed by atoms with Gasteiger partial charge in [-0.15, -0.1) is 11.3 Å². The van der Waals surface area contributed by atoms with Gasteiger partial charge in [0.1, 0.15) is 0 Å². The summed E-state index contributed by atoms with van der Waals surface area (Å²) < 4.78 is 2.68. The third-order valence-electron chi connectivity index (χ3n) is 15.0. The molecule has 0 N–H and O–H groups in total. The summed E-state index contributed by atoms with van der Waals surface area (Å²) >= 11 is 1.92. The highest BCUT2D eigenvalue weighted by atomic mass is 32.1. The average molecular weight is 889 g/mol. The Morgan fingerprint density at radius 2 is 0.710 bits per heavy atom. The SMILES string of the molecule is c1ccc(-c2ccc3c(c2)c2cc(-c4c5ccccc5c(-c5ccc(-c6cccc7ccccc67)c6ccccc56)c5ccccc45)ccc2c2ccc4sc5c6ccccc6ccc5c4c23)cc1. The minimum absolute atomic E-state index is 1.22. The first-order valence-electron chi connectivity index (χ1n) is 23.9. The molecule has 0 nitrogen and oxygen atoms in total. The lowest BCUT2D eigenvalue weighted by molar-refractivity contribution is 1.65. The summed E-state index contributed by atoms with van der Waals surface area (Å²) in [4.78, 5) is 0. The Labute approximate surface area is 402 Å². The molecule has 0 fully saturated rings. The van der Waals surface area contributed by atoms with Gasteiger partial charge in [-0.05, 0) is 149 Å². The van der Waals surface area contributed by atoms with Gasteiger partial charge in [-0.25, -0.2) is 0 Å². The topological polar surface area (TPSA) is 0 Å². The largest absolute Gasteiger partial charge is 0.135 e. The molecule has 0 bridgehead atoms. The molecule has 15 aromatic rings. The van der Waals surface area contributed by atoms with Crippen molar-refractivity contribution in [1.82, 2.24) is 0 Å². The van der Waals surface area contributed by atoms with Crippen LogP contribution in [0.2, 0.25) is 0 Å². The first-order valence-corrected chi connectivity index (χ1v) is 24.7. The molecule has 0 aliphatic heterocycles. The van der Waals surface area contributed by atoms with Crippen LogP contribution in [0.5, 0.6) is 0 Å². The van der Waals surface area contributed by atoms with Crippen molar-refractivity contribution in [3.8, 4) is 44.5 Å². The summed E-state index contributed by atoms with van der Waals surface area (Å²) in [6.07, 6.45) is 0. The van der Waals surface area contributed by atoms with E-state index < -0.39 is 0 Å². The van der Waals surface area contributed by atoms with Gasteiger partial charge in [-0.1, -0.05) is 224 Å². The molecular weight excluding hydrogens is 849 g/mol. The van der Waals surface area contributed by atoms with Gasteiger partial charge in [0.25, 0.3) is 0 Å². The fourth-order valence-corrected chi connectivity index (χ4v) is 13.2. The van der Waals surface area contributed by atoms with Crippen molar-refractivity contribution in [3.63, 3.8) is 0 Å². The van der Waals surface area contributed by atoms with Crippen molar-refractivity contribution in [2.45, 2.75) is 0 Å². The maximum absolute atomic E-state index is 2.50. The summed E-state index contributed by atoms with van der Waals surface area (Å²) in [5.74, 6) is 0. The second-order valence-electron chi connectivity index (χ2n) is 18.6. The molecule has 318 valence electrons. The van der Waals surface area contributed by atoms with E-state index in [-0.39, 0.29) is 0 Å². The normalized spacial score (nSPS) is 12.1. The van der Waals surface area contributed by atoms with Crippen molar-refractivity contribution in [1.29, 1.82) is 0 Å². The van der Waals surface area contributed by atoms with Crippen LogP contribution in [0.15, 0.2) is 243 Å². The van der Waals surface area contributed by atoms with Crippen LogP contribution >= 0.6 is 11.3 Å². The van der Waals surface area contributed by atoms with Gasteiger partial charge in [0.2, 0.25) is 0 Å².